The molecule has 1 aliphatic rings. The molecule has 1 aliphatic carbocycles. The van der Waals surface area contributed by atoms with E-state index in [4.69, 9.17) is 4.74 Å². The molecule has 0 bridgehead atoms. The molecule has 2 unspecified atom stereocenters. The average Bonchev–Trinajstić information content (AvgIpc) is 2.25. The van der Waals surface area contributed by atoms with Crippen molar-refractivity contribution in [3.63, 3.8) is 0 Å². The highest BCUT2D eigenvalue weighted by Gasteiger charge is 2.44. The fraction of sp³-hybridized carbons (Fsp3) is 0.933. The predicted octanol–water partition coefficient (Wildman–Crippen LogP) is 2.99. The fourth-order valence-corrected chi connectivity index (χ4v) is 3.18. The molecule has 0 spiro atoms. The molecule has 1 rings (SSSR count). The molecule has 18 heavy (non-hydrogen) atoms. The Kier molecular flexibility index (Phi) is 5.64. The molecule has 0 amide bonds. The lowest BCUT2D eigenvalue weighted by molar-refractivity contribution is -0.154. The number of rotatable bonds is 5. The van der Waals surface area contributed by atoms with Crippen LogP contribution in [0.5, 0.6) is 0 Å². The van der Waals surface area contributed by atoms with E-state index < -0.39 is 5.54 Å². The molecule has 0 aromatic heterocycles. The first-order chi connectivity index (χ1) is 8.39. The van der Waals surface area contributed by atoms with Crippen LogP contribution in [0.25, 0.3) is 0 Å². The van der Waals surface area contributed by atoms with E-state index in [9.17, 15) is 4.79 Å². The Balaban J connectivity index is 2.81. The van der Waals surface area contributed by atoms with E-state index in [1.54, 1.807) is 0 Å². The molecule has 3 heteroatoms. The second-order valence-electron chi connectivity index (χ2n) is 6.43. The van der Waals surface area contributed by atoms with Gasteiger partial charge in [-0.1, -0.05) is 27.7 Å². The van der Waals surface area contributed by atoms with Gasteiger partial charge in [0.15, 0.2) is 0 Å². The van der Waals surface area contributed by atoms with Crippen LogP contribution in [0.3, 0.4) is 0 Å². The molecule has 0 aromatic rings. The third-order valence-electron chi connectivity index (χ3n) is 3.71. The molecular weight excluding hydrogens is 226 g/mol. The van der Waals surface area contributed by atoms with Gasteiger partial charge in [-0.25, -0.2) is 0 Å². The maximum atomic E-state index is 12.3. The Morgan fingerprint density at radius 3 is 2.33 bits per heavy atom. The molecule has 0 saturated heterocycles. The number of nitrogens with one attached hydrogen (secondary N) is 1. The topological polar surface area (TPSA) is 38.3 Å². The van der Waals surface area contributed by atoms with Crippen molar-refractivity contribution in [3.05, 3.63) is 0 Å². The lowest BCUT2D eigenvalue weighted by Gasteiger charge is -2.41. The highest BCUT2D eigenvalue weighted by atomic mass is 16.5. The molecule has 0 aromatic carbocycles. The minimum absolute atomic E-state index is 0.0518. The molecule has 1 saturated carbocycles. The van der Waals surface area contributed by atoms with Gasteiger partial charge in [0, 0.05) is 0 Å². The maximum Gasteiger partial charge on any atom is 0.326 e. The van der Waals surface area contributed by atoms with E-state index in [2.05, 4.69) is 33.0 Å². The Morgan fingerprint density at radius 2 is 1.89 bits per heavy atom. The largest absolute Gasteiger partial charge is 0.465 e. The van der Waals surface area contributed by atoms with E-state index in [1.807, 2.05) is 6.92 Å². The quantitative estimate of drug-likeness (QED) is 0.768. The molecule has 0 heterocycles. The summed E-state index contributed by atoms with van der Waals surface area (Å²) in [6, 6.07) is 0. The van der Waals surface area contributed by atoms with Crippen molar-refractivity contribution in [2.24, 2.45) is 17.8 Å². The number of esters is 1. The van der Waals surface area contributed by atoms with Gasteiger partial charge in [0.05, 0.1) is 6.61 Å². The van der Waals surface area contributed by atoms with Crippen molar-refractivity contribution in [2.45, 2.75) is 59.4 Å². The third kappa shape index (κ3) is 3.98. The van der Waals surface area contributed by atoms with Crippen molar-refractivity contribution in [1.82, 2.24) is 5.32 Å². The van der Waals surface area contributed by atoms with Crippen molar-refractivity contribution >= 4 is 5.97 Å². The Bertz CT molecular complexity index is 266. The summed E-state index contributed by atoms with van der Waals surface area (Å²) >= 11 is 0. The van der Waals surface area contributed by atoms with Crippen molar-refractivity contribution < 1.29 is 9.53 Å². The van der Waals surface area contributed by atoms with Crippen LogP contribution in [0.15, 0.2) is 0 Å². The number of carbonyl (C=O) groups excluding carboxylic acids is 1. The summed E-state index contributed by atoms with van der Waals surface area (Å²) in [5.41, 5.74) is -0.447. The van der Waals surface area contributed by atoms with Gasteiger partial charge >= 0.3 is 5.97 Å². The first-order valence-electron chi connectivity index (χ1n) is 7.32. The van der Waals surface area contributed by atoms with E-state index in [1.165, 1.54) is 6.42 Å². The second kappa shape index (κ2) is 6.55. The molecule has 1 fully saturated rings. The van der Waals surface area contributed by atoms with Gasteiger partial charge in [0.25, 0.3) is 0 Å². The van der Waals surface area contributed by atoms with Crippen molar-refractivity contribution in [1.29, 1.82) is 0 Å². The number of carbonyl (C=O) groups is 1. The summed E-state index contributed by atoms with van der Waals surface area (Å²) in [5.74, 6) is 1.66. The van der Waals surface area contributed by atoms with Gasteiger partial charge < -0.3 is 10.1 Å². The number of hydrogen-bond donors (Lipinski definition) is 1. The number of ether oxygens (including phenoxy) is 1. The van der Waals surface area contributed by atoms with Gasteiger partial charge in [0.1, 0.15) is 5.54 Å². The van der Waals surface area contributed by atoms with E-state index in [0.29, 0.717) is 24.4 Å². The van der Waals surface area contributed by atoms with Gasteiger partial charge in [-0.15, -0.1) is 0 Å². The summed E-state index contributed by atoms with van der Waals surface area (Å²) in [4.78, 5) is 12.3. The number of hydrogen-bond acceptors (Lipinski definition) is 3. The Hall–Kier alpha value is -0.570. The van der Waals surface area contributed by atoms with E-state index >= 15 is 0 Å². The third-order valence-corrected chi connectivity index (χ3v) is 3.71. The summed E-state index contributed by atoms with van der Waals surface area (Å²) in [6.45, 7) is 12.0. The summed E-state index contributed by atoms with van der Waals surface area (Å²) in [5, 5.41) is 3.51. The van der Waals surface area contributed by atoms with Crippen LogP contribution in [0.4, 0.5) is 0 Å². The van der Waals surface area contributed by atoms with E-state index in [0.717, 1.165) is 19.4 Å². The van der Waals surface area contributed by atoms with Gasteiger partial charge in [-0.2, -0.15) is 0 Å². The zero-order chi connectivity index (χ0) is 13.8. The maximum absolute atomic E-state index is 12.3. The fourth-order valence-electron chi connectivity index (χ4n) is 3.18. The van der Waals surface area contributed by atoms with E-state index in [-0.39, 0.29) is 5.97 Å². The summed E-state index contributed by atoms with van der Waals surface area (Å²) in [6.07, 6.45) is 3.02. The molecule has 2 atom stereocenters. The molecular formula is C15H29NO2. The van der Waals surface area contributed by atoms with Gasteiger partial charge in [0.2, 0.25) is 0 Å². The minimum atomic E-state index is -0.447. The summed E-state index contributed by atoms with van der Waals surface area (Å²) < 4.78 is 5.31. The van der Waals surface area contributed by atoms with Crippen LogP contribution in [0.2, 0.25) is 0 Å². The highest BCUT2D eigenvalue weighted by Crippen LogP contribution is 2.37. The lowest BCUT2D eigenvalue weighted by atomic mass is 9.71. The van der Waals surface area contributed by atoms with Crippen molar-refractivity contribution in [2.75, 3.05) is 13.2 Å². The van der Waals surface area contributed by atoms with Crippen LogP contribution in [0.1, 0.15) is 53.9 Å². The zero-order valence-electron chi connectivity index (χ0n) is 12.6. The molecule has 106 valence electrons. The van der Waals surface area contributed by atoms with Crippen LogP contribution in [-0.2, 0) is 9.53 Å². The van der Waals surface area contributed by atoms with Crippen LogP contribution < -0.4 is 5.32 Å². The van der Waals surface area contributed by atoms with Gasteiger partial charge in [-0.05, 0) is 50.5 Å². The SMILES string of the molecule is CCOC(=O)C1(NCC(C)C)CC(C)CC(C)C1. The first kappa shape index (κ1) is 15.5. The second-order valence-corrected chi connectivity index (χ2v) is 6.43. The monoisotopic (exact) mass is 255 g/mol. The molecule has 0 aliphatic heterocycles. The van der Waals surface area contributed by atoms with Crippen molar-refractivity contribution in [3.8, 4) is 0 Å². The lowest BCUT2D eigenvalue weighted by Crippen LogP contribution is -2.57. The predicted molar refractivity (Wildman–Crippen MR) is 74.4 cm³/mol. The smallest absolute Gasteiger partial charge is 0.326 e. The standard InChI is InChI=1S/C15H29NO2/c1-6-18-14(17)15(16-10-11(2)3)8-12(4)7-13(5)9-15/h11-13,16H,6-10H2,1-5H3. The molecule has 1 N–H and O–H groups in total. The van der Waals surface area contributed by atoms with Gasteiger partial charge in [-0.3, -0.25) is 4.79 Å². The van der Waals surface area contributed by atoms with Crippen LogP contribution in [0, 0.1) is 17.8 Å². The zero-order valence-corrected chi connectivity index (χ0v) is 12.6. The Labute approximate surface area is 112 Å². The Morgan fingerprint density at radius 1 is 1.33 bits per heavy atom. The minimum Gasteiger partial charge on any atom is -0.465 e. The van der Waals surface area contributed by atoms with Crippen LogP contribution in [-0.4, -0.2) is 24.7 Å². The molecule has 3 nitrogen and oxygen atoms in total. The van der Waals surface area contributed by atoms with Crippen LogP contribution >= 0.6 is 0 Å². The first-order valence-corrected chi connectivity index (χ1v) is 7.32. The molecule has 0 radical (unpaired) electrons. The summed E-state index contributed by atoms with van der Waals surface area (Å²) in [7, 11) is 0. The average molecular weight is 255 g/mol. The normalized spacial score (nSPS) is 32.6. The highest BCUT2D eigenvalue weighted by molar-refractivity contribution is 5.81.